The number of carbonyl (C=O) groups excluding carboxylic acids is 1. The summed E-state index contributed by atoms with van der Waals surface area (Å²) in [6.45, 7) is 11.5. The number of esters is 1. The van der Waals surface area contributed by atoms with Crippen LogP contribution in [-0.2, 0) is 9.47 Å². The molecule has 138 valence electrons. The molecule has 8 heteroatoms. The van der Waals surface area contributed by atoms with Crippen molar-refractivity contribution in [2.24, 2.45) is 0 Å². The third-order valence-corrected chi connectivity index (χ3v) is 4.61. The first-order valence-corrected chi connectivity index (χ1v) is 8.68. The van der Waals surface area contributed by atoms with Crippen LogP contribution in [0.4, 0.5) is 11.8 Å². The molecular weight excluding hydrogens is 322 g/mol. The fourth-order valence-corrected chi connectivity index (χ4v) is 2.96. The summed E-state index contributed by atoms with van der Waals surface area (Å²) < 4.78 is 10.0. The Morgan fingerprint density at radius 2 is 1.92 bits per heavy atom. The molecule has 0 amide bonds. The van der Waals surface area contributed by atoms with Gasteiger partial charge < -0.3 is 19.7 Å². The molecule has 0 aromatic carbocycles. The largest absolute Gasteiger partial charge is 0.464 e. The molecule has 0 spiro atoms. The molecule has 0 atom stereocenters. The van der Waals surface area contributed by atoms with E-state index in [2.05, 4.69) is 45.9 Å². The second-order valence-corrected chi connectivity index (χ2v) is 7.45. The number of nitrogens with zero attached hydrogens (tertiary/aromatic N) is 4. The number of aromatic nitrogens is 2. The topological polar surface area (TPSA) is 79.8 Å². The van der Waals surface area contributed by atoms with Gasteiger partial charge in [-0.3, -0.25) is 4.90 Å². The highest BCUT2D eigenvalue weighted by Crippen LogP contribution is 2.21. The van der Waals surface area contributed by atoms with Gasteiger partial charge >= 0.3 is 5.97 Å². The van der Waals surface area contributed by atoms with Gasteiger partial charge in [0.05, 0.1) is 26.4 Å². The lowest BCUT2D eigenvalue weighted by Crippen LogP contribution is -2.53. The predicted molar refractivity (Wildman–Crippen MR) is 95.1 cm³/mol. The van der Waals surface area contributed by atoms with Gasteiger partial charge in [0.2, 0.25) is 5.95 Å². The Balaban J connectivity index is 1.77. The maximum atomic E-state index is 12.0. The molecule has 0 aliphatic carbocycles. The van der Waals surface area contributed by atoms with Gasteiger partial charge in [-0.1, -0.05) is 0 Å². The van der Waals surface area contributed by atoms with E-state index in [4.69, 9.17) is 9.47 Å². The van der Waals surface area contributed by atoms with E-state index < -0.39 is 5.97 Å². The van der Waals surface area contributed by atoms with Crippen LogP contribution in [0.3, 0.4) is 0 Å². The Hall–Kier alpha value is -1.93. The molecule has 0 saturated carbocycles. The van der Waals surface area contributed by atoms with Crippen LogP contribution in [0.2, 0.25) is 0 Å². The van der Waals surface area contributed by atoms with Crippen molar-refractivity contribution in [1.82, 2.24) is 14.9 Å². The average Bonchev–Trinajstić information content (AvgIpc) is 2.56. The fourth-order valence-electron chi connectivity index (χ4n) is 2.96. The minimum Gasteiger partial charge on any atom is -0.464 e. The van der Waals surface area contributed by atoms with Gasteiger partial charge in [-0.2, -0.15) is 4.98 Å². The van der Waals surface area contributed by atoms with E-state index in [1.807, 2.05) is 0 Å². The van der Waals surface area contributed by atoms with E-state index in [1.54, 1.807) is 6.07 Å². The zero-order valence-corrected chi connectivity index (χ0v) is 15.4. The van der Waals surface area contributed by atoms with Crippen molar-refractivity contribution < 1.29 is 14.3 Å². The number of rotatable bonds is 4. The van der Waals surface area contributed by atoms with E-state index in [0.717, 1.165) is 26.2 Å². The normalized spacial score (nSPS) is 19.4. The average molecular weight is 349 g/mol. The summed E-state index contributed by atoms with van der Waals surface area (Å²) in [6, 6.07) is 1.87. The minimum absolute atomic E-state index is 0.151. The summed E-state index contributed by atoms with van der Waals surface area (Å²) in [6.07, 6.45) is 0. The molecule has 2 saturated heterocycles. The Bertz CT molecular complexity index is 619. The van der Waals surface area contributed by atoms with Gasteiger partial charge in [0.15, 0.2) is 5.69 Å². The van der Waals surface area contributed by atoms with Crippen LogP contribution in [0.25, 0.3) is 0 Å². The van der Waals surface area contributed by atoms with Crippen molar-refractivity contribution in [3.8, 4) is 0 Å². The highest BCUT2D eigenvalue weighted by Gasteiger charge is 2.28. The van der Waals surface area contributed by atoms with Crippen LogP contribution >= 0.6 is 0 Å². The van der Waals surface area contributed by atoms with Crippen LogP contribution in [-0.4, -0.2) is 78.9 Å². The number of methoxy groups -OCH3 is 1. The van der Waals surface area contributed by atoms with Crippen molar-refractivity contribution in [2.75, 3.05) is 56.7 Å². The maximum Gasteiger partial charge on any atom is 0.356 e. The number of piperazine rings is 1. The Morgan fingerprint density at radius 1 is 1.24 bits per heavy atom. The minimum atomic E-state index is -0.454. The van der Waals surface area contributed by atoms with Crippen molar-refractivity contribution in [3.63, 3.8) is 0 Å². The number of carbonyl (C=O) groups is 1. The second-order valence-electron chi connectivity index (χ2n) is 7.45. The first kappa shape index (κ1) is 17.9. The van der Waals surface area contributed by atoms with E-state index in [0.29, 0.717) is 25.0 Å². The smallest absolute Gasteiger partial charge is 0.356 e. The fraction of sp³-hybridized carbons (Fsp3) is 0.706. The Morgan fingerprint density at radius 3 is 2.44 bits per heavy atom. The van der Waals surface area contributed by atoms with Crippen LogP contribution in [0.1, 0.15) is 31.3 Å². The lowest BCUT2D eigenvalue weighted by atomic mass is 10.1. The summed E-state index contributed by atoms with van der Waals surface area (Å²) >= 11 is 0. The first-order valence-electron chi connectivity index (χ1n) is 8.68. The SMILES string of the molecule is COC(=O)c1cc(NC2COC2)nc(N2CCN(C(C)(C)C)CC2)n1. The predicted octanol–water partition coefficient (Wildman–Crippen LogP) is 0.994. The third-order valence-electron chi connectivity index (χ3n) is 4.61. The molecule has 1 aromatic rings. The second kappa shape index (κ2) is 7.13. The summed E-state index contributed by atoms with van der Waals surface area (Å²) in [5, 5.41) is 3.29. The molecule has 1 aromatic heterocycles. The molecular formula is C17H27N5O3. The van der Waals surface area contributed by atoms with Gasteiger partial charge in [0.1, 0.15) is 5.82 Å². The van der Waals surface area contributed by atoms with Gasteiger partial charge in [-0.15, -0.1) is 0 Å². The number of nitrogens with one attached hydrogen (secondary N) is 1. The number of hydrogen-bond acceptors (Lipinski definition) is 8. The van der Waals surface area contributed by atoms with E-state index in [9.17, 15) is 4.79 Å². The summed E-state index contributed by atoms with van der Waals surface area (Å²) in [4.78, 5) is 25.5. The highest BCUT2D eigenvalue weighted by atomic mass is 16.5. The summed E-state index contributed by atoms with van der Waals surface area (Å²) in [5.41, 5.74) is 0.422. The van der Waals surface area contributed by atoms with Crippen molar-refractivity contribution in [3.05, 3.63) is 11.8 Å². The van der Waals surface area contributed by atoms with E-state index in [1.165, 1.54) is 7.11 Å². The molecule has 25 heavy (non-hydrogen) atoms. The molecule has 2 aliphatic rings. The standard InChI is InChI=1S/C17H27N5O3/c1-17(2,3)22-7-5-21(6-8-22)16-19-13(15(23)24-4)9-14(20-16)18-12-10-25-11-12/h9,12H,5-8,10-11H2,1-4H3,(H,18,19,20). The highest BCUT2D eigenvalue weighted by molar-refractivity contribution is 5.88. The lowest BCUT2D eigenvalue weighted by Gasteiger charge is -2.42. The van der Waals surface area contributed by atoms with Crippen LogP contribution < -0.4 is 10.2 Å². The summed E-state index contributed by atoms with van der Waals surface area (Å²) in [5.74, 6) is 0.751. The maximum absolute atomic E-state index is 12.0. The van der Waals surface area contributed by atoms with Crippen molar-refractivity contribution in [1.29, 1.82) is 0 Å². The van der Waals surface area contributed by atoms with Gasteiger partial charge in [-0.05, 0) is 20.8 Å². The lowest BCUT2D eigenvalue weighted by molar-refractivity contribution is 0.0209. The monoisotopic (exact) mass is 349 g/mol. The van der Waals surface area contributed by atoms with Gasteiger partial charge in [0, 0.05) is 37.8 Å². The Labute approximate surface area is 148 Å². The van der Waals surface area contributed by atoms with Crippen LogP contribution in [0, 0.1) is 0 Å². The molecule has 0 bridgehead atoms. The first-order chi connectivity index (χ1) is 11.9. The Kier molecular flexibility index (Phi) is 5.10. The van der Waals surface area contributed by atoms with Gasteiger partial charge in [0.25, 0.3) is 0 Å². The molecule has 8 nitrogen and oxygen atoms in total. The molecule has 0 radical (unpaired) electrons. The van der Waals surface area contributed by atoms with E-state index in [-0.39, 0.29) is 17.3 Å². The van der Waals surface area contributed by atoms with Crippen LogP contribution in [0.5, 0.6) is 0 Å². The quantitative estimate of drug-likeness (QED) is 0.807. The number of anilines is 2. The van der Waals surface area contributed by atoms with Gasteiger partial charge in [-0.25, -0.2) is 9.78 Å². The summed E-state index contributed by atoms with van der Waals surface area (Å²) in [7, 11) is 1.36. The molecule has 3 rings (SSSR count). The molecule has 2 aliphatic heterocycles. The third kappa shape index (κ3) is 4.19. The van der Waals surface area contributed by atoms with Crippen molar-refractivity contribution >= 4 is 17.7 Å². The van der Waals surface area contributed by atoms with Crippen molar-refractivity contribution in [2.45, 2.75) is 32.4 Å². The molecule has 0 unspecified atom stereocenters. The zero-order valence-electron chi connectivity index (χ0n) is 15.4. The molecule has 3 heterocycles. The molecule has 2 fully saturated rings. The number of hydrogen-bond donors (Lipinski definition) is 1. The van der Waals surface area contributed by atoms with Crippen LogP contribution in [0.15, 0.2) is 6.07 Å². The number of ether oxygens (including phenoxy) is 2. The van der Waals surface area contributed by atoms with E-state index >= 15 is 0 Å². The molecule has 1 N–H and O–H groups in total. The zero-order chi connectivity index (χ0) is 18.0.